The predicted molar refractivity (Wildman–Crippen MR) is 123 cm³/mol. The minimum atomic E-state index is -3.71. The van der Waals surface area contributed by atoms with Crippen LogP contribution in [0.1, 0.15) is 24.5 Å². The summed E-state index contributed by atoms with van der Waals surface area (Å²) >= 11 is 0. The third-order valence-corrected chi connectivity index (χ3v) is 6.31. The third kappa shape index (κ3) is 6.55. The van der Waals surface area contributed by atoms with Crippen LogP contribution in [0.4, 0.5) is 5.69 Å². The molecule has 168 valence electrons. The van der Waals surface area contributed by atoms with E-state index in [4.69, 9.17) is 0 Å². The van der Waals surface area contributed by atoms with Gasteiger partial charge in [0.15, 0.2) is 0 Å². The Labute approximate surface area is 185 Å². The summed E-state index contributed by atoms with van der Waals surface area (Å²) in [7, 11) is -2.18. The number of sulfonamides is 1. The van der Waals surface area contributed by atoms with E-state index in [-0.39, 0.29) is 12.5 Å². The molecule has 0 aliphatic heterocycles. The van der Waals surface area contributed by atoms with E-state index >= 15 is 0 Å². The minimum Gasteiger partial charge on any atom is -0.357 e. The third-order valence-electron chi connectivity index (χ3n) is 5.18. The van der Waals surface area contributed by atoms with Gasteiger partial charge < -0.3 is 10.2 Å². The van der Waals surface area contributed by atoms with E-state index in [1.807, 2.05) is 43.3 Å². The number of rotatable bonds is 10. The zero-order chi connectivity index (χ0) is 23.0. The van der Waals surface area contributed by atoms with Crippen LogP contribution in [0.25, 0.3) is 0 Å². The lowest BCUT2D eigenvalue weighted by Crippen LogP contribution is -2.52. The number of hydrogen-bond donors (Lipinski definition) is 1. The summed E-state index contributed by atoms with van der Waals surface area (Å²) in [5.41, 5.74) is 2.23. The van der Waals surface area contributed by atoms with E-state index in [0.717, 1.165) is 21.7 Å². The molecule has 0 aliphatic carbocycles. The molecular formula is C23H31N3O4S. The SMILES string of the molecule is CC[C@@H](C(=O)NC)N(CCc1ccccc1)C(=O)CN(c1ccccc1C)S(C)(=O)=O. The van der Waals surface area contributed by atoms with Crippen LogP contribution < -0.4 is 9.62 Å². The van der Waals surface area contributed by atoms with Crippen molar-refractivity contribution in [1.82, 2.24) is 10.2 Å². The lowest BCUT2D eigenvalue weighted by Gasteiger charge is -2.32. The van der Waals surface area contributed by atoms with Crippen molar-refractivity contribution < 1.29 is 18.0 Å². The first-order valence-electron chi connectivity index (χ1n) is 10.3. The molecule has 8 heteroatoms. The summed E-state index contributed by atoms with van der Waals surface area (Å²) in [4.78, 5) is 27.3. The standard InChI is InChI=1S/C23H31N3O4S/c1-5-20(23(28)24-3)25(16-15-19-12-7-6-8-13-19)22(27)17-26(31(4,29)30)21-14-10-9-11-18(21)2/h6-14,20H,5,15-17H2,1-4H3,(H,24,28)/t20-/m0/s1. The Morgan fingerprint density at radius 2 is 1.65 bits per heavy atom. The Kier molecular flexibility index (Phi) is 8.62. The average Bonchev–Trinajstić information content (AvgIpc) is 2.75. The van der Waals surface area contributed by atoms with Gasteiger partial charge in [-0.25, -0.2) is 8.42 Å². The van der Waals surface area contributed by atoms with E-state index < -0.39 is 22.0 Å². The van der Waals surface area contributed by atoms with Crippen LogP contribution in [-0.2, 0) is 26.0 Å². The number of nitrogens with zero attached hydrogens (tertiary/aromatic N) is 2. The number of carbonyl (C=O) groups excluding carboxylic acids is 2. The fraction of sp³-hybridized carbons (Fsp3) is 0.391. The van der Waals surface area contributed by atoms with Gasteiger partial charge in [-0.3, -0.25) is 13.9 Å². The van der Waals surface area contributed by atoms with Crippen LogP contribution in [0.15, 0.2) is 54.6 Å². The Hall–Kier alpha value is -2.87. The molecule has 7 nitrogen and oxygen atoms in total. The molecule has 0 unspecified atom stereocenters. The molecule has 31 heavy (non-hydrogen) atoms. The van der Waals surface area contributed by atoms with Gasteiger partial charge in [-0.15, -0.1) is 0 Å². The molecule has 0 radical (unpaired) electrons. The molecular weight excluding hydrogens is 414 g/mol. The van der Waals surface area contributed by atoms with Crippen molar-refractivity contribution in [1.29, 1.82) is 0 Å². The number of amides is 2. The summed E-state index contributed by atoms with van der Waals surface area (Å²) in [5.74, 6) is -0.689. The molecule has 0 aromatic heterocycles. The molecule has 2 aromatic carbocycles. The van der Waals surface area contributed by atoms with Crippen molar-refractivity contribution in [3.05, 3.63) is 65.7 Å². The van der Waals surface area contributed by atoms with Crippen molar-refractivity contribution >= 4 is 27.5 Å². The number of carbonyl (C=O) groups is 2. The van der Waals surface area contributed by atoms with Crippen LogP contribution in [-0.4, -0.2) is 57.6 Å². The minimum absolute atomic E-state index is 0.272. The maximum Gasteiger partial charge on any atom is 0.244 e. The summed E-state index contributed by atoms with van der Waals surface area (Å²) in [6.45, 7) is 3.56. The fourth-order valence-electron chi connectivity index (χ4n) is 3.50. The van der Waals surface area contributed by atoms with Gasteiger partial charge in [-0.05, 0) is 37.0 Å². The van der Waals surface area contributed by atoms with Crippen LogP contribution in [0.5, 0.6) is 0 Å². The molecule has 2 amide bonds. The smallest absolute Gasteiger partial charge is 0.244 e. The molecule has 0 heterocycles. The van der Waals surface area contributed by atoms with Gasteiger partial charge in [-0.2, -0.15) is 0 Å². The van der Waals surface area contributed by atoms with Crippen LogP contribution in [0, 0.1) is 6.92 Å². The highest BCUT2D eigenvalue weighted by Crippen LogP contribution is 2.22. The number of benzene rings is 2. The second-order valence-corrected chi connectivity index (χ2v) is 9.32. The molecule has 0 spiro atoms. The highest BCUT2D eigenvalue weighted by Gasteiger charge is 2.31. The fourth-order valence-corrected chi connectivity index (χ4v) is 4.41. The number of likely N-dealkylation sites (N-methyl/N-ethyl adjacent to an activating group) is 1. The van der Waals surface area contributed by atoms with E-state index in [2.05, 4.69) is 5.32 Å². The second-order valence-electron chi connectivity index (χ2n) is 7.42. The average molecular weight is 446 g/mol. The lowest BCUT2D eigenvalue weighted by molar-refractivity contribution is -0.139. The Morgan fingerprint density at radius 1 is 1.03 bits per heavy atom. The predicted octanol–water partition coefficient (Wildman–Crippen LogP) is 2.36. The molecule has 0 bridgehead atoms. The van der Waals surface area contributed by atoms with Gasteiger partial charge in [0.2, 0.25) is 21.8 Å². The first kappa shape index (κ1) is 24.4. The number of hydrogen-bond acceptors (Lipinski definition) is 4. The van der Waals surface area contributed by atoms with Crippen molar-refractivity contribution in [2.45, 2.75) is 32.7 Å². The normalized spacial score (nSPS) is 12.1. The molecule has 0 saturated carbocycles. The van der Waals surface area contributed by atoms with Gasteiger partial charge >= 0.3 is 0 Å². The first-order chi connectivity index (χ1) is 14.7. The van der Waals surface area contributed by atoms with E-state index in [1.54, 1.807) is 25.1 Å². The molecule has 0 fully saturated rings. The summed E-state index contributed by atoms with van der Waals surface area (Å²) in [5, 5.41) is 2.61. The first-order valence-corrected chi connectivity index (χ1v) is 12.1. The molecule has 2 aromatic rings. The van der Waals surface area contributed by atoms with E-state index in [9.17, 15) is 18.0 Å². The quantitative estimate of drug-likeness (QED) is 0.608. The highest BCUT2D eigenvalue weighted by atomic mass is 32.2. The van der Waals surface area contributed by atoms with Crippen molar-refractivity contribution in [2.75, 3.05) is 30.7 Å². The van der Waals surface area contributed by atoms with Crippen LogP contribution in [0.2, 0.25) is 0 Å². The molecule has 0 aliphatic rings. The Balaban J connectivity index is 2.35. The number of anilines is 1. The van der Waals surface area contributed by atoms with Crippen LogP contribution in [0.3, 0.4) is 0 Å². The molecule has 2 rings (SSSR count). The summed E-state index contributed by atoms with van der Waals surface area (Å²) in [6, 6.07) is 16.0. The zero-order valence-electron chi connectivity index (χ0n) is 18.5. The van der Waals surface area contributed by atoms with Gasteiger partial charge in [0.25, 0.3) is 0 Å². The lowest BCUT2D eigenvalue weighted by atomic mass is 10.1. The van der Waals surface area contributed by atoms with E-state index in [1.165, 1.54) is 11.9 Å². The Bertz CT molecular complexity index is 993. The number of para-hydroxylation sites is 1. The number of aryl methyl sites for hydroxylation is 1. The monoisotopic (exact) mass is 445 g/mol. The van der Waals surface area contributed by atoms with Gasteiger partial charge in [0.05, 0.1) is 11.9 Å². The Morgan fingerprint density at radius 3 is 2.19 bits per heavy atom. The van der Waals surface area contributed by atoms with Gasteiger partial charge in [0, 0.05) is 13.6 Å². The van der Waals surface area contributed by atoms with E-state index in [0.29, 0.717) is 25.1 Å². The maximum atomic E-state index is 13.4. The number of nitrogens with one attached hydrogen (secondary N) is 1. The van der Waals surface area contributed by atoms with Crippen LogP contribution >= 0.6 is 0 Å². The molecule has 1 atom stereocenters. The van der Waals surface area contributed by atoms with Gasteiger partial charge in [-0.1, -0.05) is 55.5 Å². The zero-order valence-corrected chi connectivity index (χ0v) is 19.4. The second kappa shape index (κ2) is 10.9. The largest absolute Gasteiger partial charge is 0.357 e. The maximum absolute atomic E-state index is 13.4. The van der Waals surface area contributed by atoms with Crippen molar-refractivity contribution in [3.8, 4) is 0 Å². The molecule has 1 N–H and O–H groups in total. The highest BCUT2D eigenvalue weighted by molar-refractivity contribution is 7.92. The van der Waals surface area contributed by atoms with Crippen molar-refractivity contribution in [3.63, 3.8) is 0 Å². The topological polar surface area (TPSA) is 86.8 Å². The summed E-state index contributed by atoms with van der Waals surface area (Å²) < 4.78 is 26.2. The van der Waals surface area contributed by atoms with Gasteiger partial charge in [0.1, 0.15) is 12.6 Å². The summed E-state index contributed by atoms with van der Waals surface area (Å²) in [6.07, 6.45) is 2.06. The van der Waals surface area contributed by atoms with Crippen molar-refractivity contribution in [2.24, 2.45) is 0 Å². The molecule has 0 saturated heterocycles.